The molecule has 0 aromatic heterocycles. The lowest BCUT2D eigenvalue weighted by atomic mass is 10.1. The fourth-order valence-corrected chi connectivity index (χ4v) is 3.36. The van der Waals surface area contributed by atoms with Gasteiger partial charge in [-0.05, 0) is 42.3 Å². The van der Waals surface area contributed by atoms with Crippen LogP contribution < -0.4 is 19.5 Å². The average molecular weight is 446 g/mol. The zero-order chi connectivity index (χ0) is 21.3. The largest absolute Gasteiger partial charge is 0.497 e. The summed E-state index contributed by atoms with van der Waals surface area (Å²) < 4.78 is 16.9. The maximum atomic E-state index is 6.52. The third-order valence-corrected chi connectivity index (χ3v) is 5.28. The number of halogens is 2. The molecule has 0 aliphatic rings. The summed E-state index contributed by atoms with van der Waals surface area (Å²) in [5.74, 6) is 2.10. The molecule has 0 fully saturated rings. The van der Waals surface area contributed by atoms with Gasteiger partial charge in [0.05, 0.1) is 13.7 Å². The van der Waals surface area contributed by atoms with Gasteiger partial charge in [-0.2, -0.15) is 0 Å². The van der Waals surface area contributed by atoms with E-state index in [0.29, 0.717) is 41.3 Å². The number of ether oxygens (including phenoxy) is 3. The molecule has 3 rings (SSSR count). The quantitative estimate of drug-likeness (QED) is 0.399. The molecular formula is C24H25Cl2NO3. The summed E-state index contributed by atoms with van der Waals surface area (Å²) in [6.45, 7) is 4.13. The van der Waals surface area contributed by atoms with Crippen LogP contribution in [-0.2, 0) is 19.7 Å². The molecule has 158 valence electrons. The summed E-state index contributed by atoms with van der Waals surface area (Å²) in [6.07, 6.45) is 0. The second-order valence-electron chi connectivity index (χ2n) is 6.66. The Kier molecular flexibility index (Phi) is 8.26. The van der Waals surface area contributed by atoms with Crippen LogP contribution in [0.4, 0.5) is 0 Å². The zero-order valence-corrected chi connectivity index (χ0v) is 18.6. The van der Waals surface area contributed by atoms with Crippen LogP contribution in [0, 0.1) is 0 Å². The molecule has 0 heterocycles. The van der Waals surface area contributed by atoms with Crippen molar-refractivity contribution in [1.82, 2.24) is 5.32 Å². The number of hydrogen-bond acceptors (Lipinski definition) is 4. The van der Waals surface area contributed by atoms with Crippen LogP contribution in [0.1, 0.15) is 23.6 Å². The van der Waals surface area contributed by atoms with E-state index in [-0.39, 0.29) is 0 Å². The Labute approximate surface area is 187 Å². The lowest BCUT2D eigenvalue weighted by Gasteiger charge is -2.16. The zero-order valence-electron chi connectivity index (χ0n) is 17.1. The van der Waals surface area contributed by atoms with Crippen molar-refractivity contribution in [2.75, 3.05) is 13.7 Å². The van der Waals surface area contributed by atoms with Gasteiger partial charge in [-0.25, -0.2) is 0 Å². The van der Waals surface area contributed by atoms with Crippen molar-refractivity contribution in [3.8, 4) is 17.2 Å². The molecule has 0 spiro atoms. The Bertz CT molecular complexity index is 961. The van der Waals surface area contributed by atoms with E-state index in [0.717, 1.165) is 29.0 Å². The summed E-state index contributed by atoms with van der Waals surface area (Å²) in [6, 6.07) is 19.3. The Morgan fingerprint density at radius 3 is 2.23 bits per heavy atom. The Morgan fingerprint density at radius 2 is 1.53 bits per heavy atom. The third-order valence-electron chi connectivity index (χ3n) is 4.56. The number of methoxy groups -OCH3 is 1. The van der Waals surface area contributed by atoms with Crippen LogP contribution in [0.5, 0.6) is 17.2 Å². The molecule has 0 amide bonds. The van der Waals surface area contributed by atoms with Gasteiger partial charge < -0.3 is 19.5 Å². The van der Waals surface area contributed by atoms with E-state index in [1.807, 2.05) is 61.5 Å². The monoisotopic (exact) mass is 445 g/mol. The van der Waals surface area contributed by atoms with Gasteiger partial charge in [0.15, 0.2) is 11.5 Å². The first-order valence-corrected chi connectivity index (χ1v) is 10.5. The molecule has 0 aliphatic heterocycles. The molecule has 0 bridgehead atoms. The van der Waals surface area contributed by atoms with E-state index in [9.17, 15) is 0 Å². The molecule has 4 nitrogen and oxygen atoms in total. The highest BCUT2D eigenvalue weighted by atomic mass is 35.5. The first kappa shape index (κ1) is 22.3. The predicted octanol–water partition coefficient (Wildman–Crippen LogP) is 6.27. The molecule has 0 radical (unpaired) electrons. The summed E-state index contributed by atoms with van der Waals surface area (Å²) in [5.41, 5.74) is 3.01. The van der Waals surface area contributed by atoms with Crippen LogP contribution in [0.25, 0.3) is 0 Å². The van der Waals surface area contributed by atoms with Gasteiger partial charge >= 0.3 is 0 Å². The standard InChI is InChI=1S/C24H25Cl2NO3/c1-3-29-23-12-19(15-27-14-17-8-10-20(28-2)11-9-17)22(26)13-24(23)30-16-18-6-4-5-7-21(18)25/h4-13,27H,3,14-16H2,1-2H3. The molecule has 0 unspecified atom stereocenters. The summed E-state index contributed by atoms with van der Waals surface area (Å²) >= 11 is 12.7. The Morgan fingerprint density at radius 1 is 0.800 bits per heavy atom. The van der Waals surface area contributed by atoms with Crippen LogP contribution in [0.15, 0.2) is 60.7 Å². The molecule has 0 saturated heterocycles. The van der Waals surface area contributed by atoms with E-state index >= 15 is 0 Å². The number of benzene rings is 3. The van der Waals surface area contributed by atoms with Crippen LogP contribution in [0.3, 0.4) is 0 Å². The lowest BCUT2D eigenvalue weighted by molar-refractivity contribution is 0.269. The van der Waals surface area contributed by atoms with Crippen molar-refractivity contribution < 1.29 is 14.2 Å². The summed E-state index contributed by atoms with van der Waals surface area (Å²) in [7, 11) is 1.66. The molecule has 0 saturated carbocycles. The van der Waals surface area contributed by atoms with Crippen LogP contribution >= 0.6 is 23.2 Å². The summed E-state index contributed by atoms with van der Waals surface area (Å²) in [4.78, 5) is 0. The van der Waals surface area contributed by atoms with Gasteiger partial charge in [0, 0.05) is 34.8 Å². The number of nitrogens with one attached hydrogen (secondary N) is 1. The smallest absolute Gasteiger partial charge is 0.163 e. The summed E-state index contributed by atoms with van der Waals surface area (Å²) in [5, 5.41) is 4.70. The van der Waals surface area contributed by atoms with E-state index in [1.165, 1.54) is 0 Å². The van der Waals surface area contributed by atoms with Crippen molar-refractivity contribution in [2.24, 2.45) is 0 Å². The van der Waals surface area contributed by atoms with Gasteiger partial charge in [-0.1, -0.05) is 53.5 Å². The molecule has 1 N–H and O–H groups in total. The van der Waals surface area contributed by atoms with Gasteiger partial charge in [0.1, 0.15) is 12.4 Å². The van der Waals surface area contributed by atoms with E-state index in [2.05, 4.69) is 5.32 Å². The van der Waals surface area contributed by atoms with E-state index < -0.39 is 0 Å². The number of hydrogen-bond donors (Lipinski definition) is 1. The van der Waals surface area contributed by atoms with Crippen LogP contribution in [-0.4, -0.2) is 13.7 Å². The van der Waals surface area contributed by atoms with E-state index in [4.69, 9.17) is 37.4 Å². The fourth-order valence-electron chi connectivity index (χ4n) is 2.95. The molecule has 30 heavy (non-hydrogen) atoms. The van der Waals surface area contributed by atoms with Crippen molar-refractivity contribution in [1.29, 1.82) is 0 Å². The topological polar surface area (TPSA) is 39.7 Å². The molecule has 3 aromatic rings. The van der Waals surface area contributed by atoms with Gasteiger partial charge in [-0.15, -0.1) is 0 Å². The maximum absolute atomic E-state index is 6.52. The SMILES string of the molecule is CCOc1cc(CNCc2ccc(OC)cc2)c(Cl)cc1OCc1ccccc1Cl. The Balaban J connectivity index is 1.66. The van der Waals surface area contributed by atoms with Crippen LogP contribution in [0.2, 0.25) is 10.0 Å². The number of rotatable bonds is 10. The average Bonchev–Trinajstić information content (AvgIpc) is 2.76. The minimum Gasteiger partial charge on any atom is -0.497 e. The fraction of sp³-hybridized carbons (Fsp3) is 0.250. The highest BCUT2D eigenvalue weighted by Crippen LogP contribution is 2.34. The van der Waals surface area contributed by atoms with Crippen molar-refractivity contribution in [3.05, 3.63) is 87.4 Å². The lowest BCUT2D eigenvalue weighted by Crippen LogP contribution is -2.13. The van der Waals surface area contributed by atoms with Crippen molar-refractivity contribution >= 4 is 23.2 Å². The highest BCUT2D eigenvalue weighted by molar-refractivity contribution is 6.31. The third kappa shape index (κ3) is 6.05. The maximum Gasteiger partial charge on any atom is 0.163 e. The van der Waals surface area contributed by atoms with Gasteiger partial charge in [-0.3, -0.25) is 0 Å². The van der Waals surface area contributed by atoms with Crippen molar-refractivity contribution in [2.45, 2.75) is 26.6 Å². The first-order chi connectivity index (χ1) is 14.6. The molecular weight excluding hydrogens is 421 g/mol. The van der Waals surface area contributed by atoms with Gasteiger partial charge in [0.2, 0.25) is 0 Å². The molecule has 3 aromatic carbocycles. The minimum atomic E-state index is 0.338. The predicted molar refractivity (Wildman–Crippen MR) is 122 cm³/mol. The highest BCUT2D eigenvalue weighted by Gasteiger charge is 2.12. The van der Waals surface area contributed by atoms with Gasteiger partial charge in [0.25, 0.3) is 0 Å². The molecule has 0 aliphatic carbocycles. The normalized spacial score (nSPS) is 10.7. The molecule has 6 heteroatoms. The van der Waals surface area contributed by atoms with Crippen molar-refractivity contribution in [3.63, 3.8) is 0 Å². The second-order valence-corrected chi connectivity index (χ2v) is 7.47. The van der Waals surface area contributed by atoms with E-state index in [1.54, 1.807) is 13.2 Å². The molecule has 0 atom stereocenters. The minimum absolute atomic E-state index is 0.338. The first-order valence-electron chi connectivity index (χ1n) is 9.75. The second kappa shape index (κ2) is 11.1. The Hall–Kier alpha value is -2.40.